The number of hydrogen-bond acceptors (Lipinski definition) is 4. The minimum atomic E-state index is 0.330. The fraction of sp³-hybridized carbons (Fsp3) is 0.438. The third-order valence-electron chi connectivity index (χ3n) is 3.96. The number of benzene rings is 1. The third-order valence-corrected chi connectivity index (χ3v) is 3.96. The van der Waals surface area contributed by atoms with Gasteiger partial charge in [0.25, 0.3) is 0 Å². The number of ether oxygens (including phenoxy) is 1. The van der Waals surface area contributed by atoms with Gasteiger partial charge >= 0.3 is 0 Å². The van der Waals surface area contributed by atoms with Gasteiger partial charge in [-0.15, -0.1) is 0 Å². The third kappa shape index (κ3) is 2.49. The molecule has 0 spiro atoms. The van der Waals surface area contributed by atoms with E-state index in [1.54, 1.807) is 7.11 Å². The molecule has 1 unspecified atom stereocenters. The van der Waals surface area contributed by atoms with Gasteiger partial charge in [0.05, 0.1) is 11.6 Å². The van der Waals surface area contributed by atoms with E-state index in [1.807, 2.05) is 13.1 Å². The molecule has 2 heterocycles. The van der Waals surface area contributed by atoms with E-state index in [0.29, 0.717) is 6.10 Å². The van der Waals surface area contributed by atoms with Crippen LogP contribution in [0.1, 0.15) is 12.0 Å². The lowest BCUT2D eigenvalue weighted by Crippen LogP contribution is -2.23. The standard InChI is InChI=1S/C16H21N3O/c1-17-10-12-9-16(19-8-7-13(11-19)20-2)18-15-6-4-3-5-14(12)15/h3-6,9,13,17H,7-8,10-11H2,1-2H3. The summed E-state index contributed by atoms with van der Waals surface area (Å²) >= 11 is 0. The molecule has 1 aliphatic heterocycles. The van der Waals surface area contributed by atoms with Gasteiger partial charge in [0.2, 0.25) is 0 Å². The Labute approximate surface area is 119 Å². The first-order chi connectivity index (χ1) is 9.81. The summed E-state index contributed by atoms with van der Waals surface area (Å²) in [4.78, 5) is 7.13. The minimum absolute atomic E-state index is 0.330. The maximum atomic E-state index is 5.45. The number of anilines is 1. The summed E-state index contributed by atoms with van der Waals surface area (Å²) in [6.07, 6.45) is 1.41. The molecule has 3 rings (SSSR count). The summed E-state index contributed by atoms with van der Waals surface area (Å²) in [5.74, 6) is 1.06. The number of pyridine rings is 1. The lowest BCUT2D eigenvalue weighted by Gasteiger charge is -2.19. The number of rotatable bonds is 4. The SMILES string of the molecule is CNCc1cc(N2CCC(OC)C2)nc2ccccc12. The molecule has 2 aromatic rings. The van der Waals surface area contributed by atoms with Crippen LogP contribution >= 0.6 is 0 Å². The van der Waals surface area contributed by atoms with Crippen molar-refractivity contribution in [1.82, 2.24) is 10.3 Å². The second-order valence-electron chi connectivity index (χ2n) is 5.28. The molecule has 1 saturated heterocycles. The number of nitrogens with zero attached hydrogens (tertiary/aromatic N) is 2. The van der Waals surface area contributed by atoms with Gasteiger partial charge in [-0.3, -0.25) is 0 Å². The van der Waals surface area contributed by atoms with Crippen LogP contribution in [0, 0.1) is 0 Å². The highest BCUT2D eigenvalue weighted by Crippen LogP contribution is 2.26. The monoisotopic (exact) mass is 271 g/mol. The highest BCUT2D eigenvalue weighted by molar-refractivity contribution is 5.84. The minimum Gasteiger partial charge on any atom is -0.380 e. The summed E-state index contributed by atoms with van der Waals surface area (Å²) in [6, 6.07) is 10.5. The Bertz CT molecular complexity index is 599. The number of nitrogens with one attached hydrogen (secondary N) is 1. The average Bonchev–Trinajstić information content (AvgIpc) is 2.96. The van der Waals surface area contributed by atoms with Crippen LogP contribution in [0.2, 0.25) is 0 Å². The van der Waals surface area contributed by atoms with Crippen molar-refractivity contribution < 1.29 is 4.74 Å². The van der Waals surface area contributed by atoms with Gasteiger partial charge in [0, 0.05) is 32.1 Å². The van der Waals surface area contributed by atoms with Crippen LogP contribution in [0.25, 0.3) is 10.9 Å². The lowest BCUT2D eigenvalue weighted by molar-refractivity contribution is 0.121. The second-order valence-corrected chi connectivity index (χ2v) is 5.28. The molecule has 1 atom stereocenters. The Hall–Kier alpha value is -1.65. The molecule has 0 aliphatic carbocycles. The molecule has 4 nitrogen and oxygen atoms in total. The second kappa shape index (κ2) is 5.77. The number of para-hydroxylation sites is 1. The van der Waals surface area contributed by atoms with Crippen molar-refractivity contribution in [1.29, 1.82) is 0 Å². The van der Waals surface area contributed by atoms with Gasteiger partial charge in [-0.1, -0.05) is 18.2 Å². The number of methoxy groups -OCH3 is 1. The van der Waals surface area contributed by atoms with Crippen LogP contribution in [0.15, 0.2) is 30.3 Å². The van der Waals surface area contributed by atoms with E-state index >= 15 is 0 Å². The topological polar surface area (TPSA) is 37.4 Å². The fourth-order valence-electron chi connectivity index (χ4n) is 2.86. The van der Waals surface area contributed by atoms with Crippen LogP contribution in [0.4, 0.5) is 5.82 Å². The Morgan fingerprint density at radius 2 is 2.25 bits per heavy atom. The molecule has 1 aromatic carbocycles. The normalized spacial score (nSPS) is 18.9. The first kappa shape index (κ1) is 13.3. The zero-order valence-electron chi connectivity index (χ0n) is 12.1. The Morgan fingerprint density at radius 1 is 1.40 bits per heavy atom. The molecule has 106 valence electrons. The van der Waals surface area contributed by atoms with Crippen molar-refractivity contribution in [2.75, 3.05) is 32.1 Å². The van der Waals surface area contributed by atoms with Gasteiger partial charge < -0.3 is 15.0 Å². The number of hydrogen-bond donors (Lipinski definition) is 1. The summed E-state index contributed by atoms with van der Waals surface area (Å²) in [7, 11) is 3.76. The average molecular weight is 271 g/mol. The van der Waals surface area contributed by atoms with E-state index < -0.39 is 0 Å². The zero-order chi connectivity index (χ0) is 13.9. The molecule has 1 aliphatic rings. The van der Waals surface area contributed by atoms with Crippen molar-refractivity contribution in [3.05, 3.63) is 35.9 Å². The van der Waals surface area contributed by atoms with E-state index in [9.17, 15) is 0 Å². The van der Waals surface area contributed by atoms with Crippen molar-refractivity contribution in [3.8, 4) is 0 Å². The Morgan fingerprint density at radius 3 is 3.00 bits per heavy atom. The molecule has 0 amide bonds. The van der Waals surface area contributed by atoms with E-state index in [0.717, 1.165) is 37.4 Å². The first-order valence-corrected chi connectivity index (χ1v) is 7.13. The molecular weight excluding hydrogens is 250 g/mol. The van der Waals surface area contributed by atoms with E-state index in [4.69, 9.17) is 9.72 Å². The van der Waals surface area contributed by atoms with Gasteiger partial charge in [-0.25, -0.2) is 4.98 Å². The number of aromatic nitrogens is 1. The van der Waals surface area contributed by atoms with Crippen molar-refractivity contribution >= 4 is 16.7 Å². The van der Waals surface area contributed by atoms with Crippen LogP contribution < -0.4 is 10.2 Å². The first-order valence-electron chi connectivity index (χ1n) is 7.13. The maximum absolute atomic E-state index is 5.45. The van der Waals surface area contributed by atoms with Gasteiger partial charge in [-0.05, 0) is 31.2 Å². The molecule has 4 heteroatoms. The summed E-state index contributed by atoms with van der Waals surface area (Å²) in [5.41, 5.74) is 2.37. The van der Waals surface area contributed by atoms with Crippen LogP contribution in [0.3, 0.4) is 0 Å². The smallest absolute Gasteiger partial charge is 0.129 e. The predicted molar refractivity (Wildman–Crippen MR) is 82.1 cm³/mol. The largest absolute Gasteiger partial charge is 0.380 e. The summed E-state index contributed by atoms with van der Waals surface area (Å²) in [6.45, 7) is 2.81. The van der Waals surface area contributed by atoms with Crippen LogP contribution in [-0.2, 0) is 11.3 Å². The summed E-state index contributed by atoms with van der Waals surface area (Å²) < 4.78 is 5.45. The van der Waals surface area contributed by atoms with E-state index in [2.05, 4.69) is 34.5 Å². The maximum Gasteiger partial charge on any atom is 0.129 e. The van der Waals surface area contributed by atoms with Crippen molar-refractivity contribution in [3.63, 3.8) is 0 Å². The molecule has 1 N–H and O–H groups in total. The molecule has 20 heavy (non-hydrogen) atoms. The van der Waals surface area contributed by atoms with Gasteiger partial charge in [0.15, 0.2) is 0 Å². The fourth-order valence-corrected chi connectivity index (χ4v) is 2.86. The molecular formula is C16H21N3O. The van der Waals surface area contributed by atoms with Gasteiger partial charge in [0.1, 0.15) is 5.82 Å². The predicted octanol–water partition coefficient (Wildman–Crippen LogP) is 2.18. The molecule has 1 fully saturated rings. The quantitative estimate of drug-likeness (QED) is 0.925. The molecule has 1 aromatic heterocycles. The molecule has 0 saturated carbocycles. The van der Waals surface area contributed by atoms with E-state index in [1.165, 1.54) is 10.9 Å². The highest BCUT2D eigenvalue weighted by Gasteiger charge is 2.23. The van der Waals surface area contributed by atoms with Gasteiger partial charge in [-0.2, -0.15) is 0 Å². The van der Waals surface area contributed by atoms with Crippen LogP contribution in [-0.4, -0.2) is 38.3 Å². The van der Waals surface area contributed by atoms with Crippen LogP contribution in [0.5, 0.6) is 0 Å². The lowest BCUT2D eigenvalue weighted by atomic mass is 10.1. The summed E-state index contributed by atoms with van der Waals surface area (Å²) in [5, 5.41) is 4.47. The zero-order valence-corrected chi connectivity index (χ0v) is 12.1. The molecule has 0 radical (unpaired) electrons. The Kier molecular flexibility index (Phi) is 3.85. The van der Waals surface area contributed by atoms with Crippen molar-refractivity contribution in [2.24, 2.45) is 0 Å². The molecule has 0 bridgehead atoms. The van der Waals surface area contributed by atoms with Crippen molar-refractivity contribution in [2.45, 2.75) is 19.1 Å². The highest BCUT2D eigenvalue weighted by atomic mass is 16.5. The number of fused-ring (bicyclic) bond motifs is 1. The Balaban J connectivity index is 1.99. The van der Waals surface area contributed by atoms with E-state index in [-0.39, 0.29) is 0 Å².